The highest BCUT2D eigenvalue weighted by Crippen LogP contribution is 2.27. The van der Waals surface area contributed by atoms with Crippen LogP contribution in [0.4, 0.5) is 0 Å². The summed E-state index contributed by atoms with van der Waals surface area (Å²) >= 11 is 0. The average Bonchev–Trinajstić information content (AvgIpc) is 2.78. The van der Waals surface area contributed by atoms with Gasteiger partial charge in [0.1, 0.15) is 42.8 Å². The molecule has 0 radical (unpaired) electrons. The van der Waals surface area contributed by atoms with E-state index in [-0.39, 0.29) is 0 Å². The van der Waals surface area contributed by atoms with Crippen LogP contribution in [-0.4, -0.2) is 19.4 Å². The van der Waals surface area contributed by atoms with Gasteiger partial charge in [-0.05, 0) is 67.3 Å². The Kier molecular flexibility index (Phi) is 11.4. The molecule has 0 saturated heterocycles. The monoisotopic (exact) mass is 436 g/mol. The van der Waals surface area contributed by atoms with E-state index in [9.17, 15) is 9.59 Å². The molecule has 0 heterocycles. The van der Waals surface area contributed by atoms with Crippen LogP contribution in [0, 0.1) is 6.92 Å². The fraction of sp³-hybridized carbons (Fsp3) is 0.154. The van der Waals surface area contributed by atoms with E-state index in [1.165, 1.54) is 25.0 Å². The number of benzene rings is 2. The lowest BCUT2D eigenvalue weighted by molar-refractivity contribution is -0.133. The van der Waals surface area contributed by atoms with Gasteiger partial charge in [-0.25, -0.2) is 4.79 Å². The van der Waals surface area contributed by atoms with E-state index in [0.717, 1.165) is 28.7 Å². The van der Waals surface area contributed by atoms with Crippen molar-refractivity contribution in [3.63, 3.8) is 0 Å². The van der Waals surface area contributed by atoms with Crippen LogP contribution in [-0.2, 0) is 19.1 Å². The van der Waals surface area contributed by atoms with Crippen molar-refractivity contribution in [3.8, 4) is 22.6 Å². The van der Waals surface area contributed by atoms with Gasteiger partial charge in [-0.3, -0.25) is 4.79 Å². The third-order valence-corrected chi connectivity index (χ3v) is 3.73. The summed E-state index contributed by atoms with van der Waals surface area (Å²) in [7, 11) is 1.56. The van der Waals surface area contributed by atoms with E-state index in [1.807, 2.05) is 49.4 Å². The number of hydrogen-bond acceptors (Lipinski definition) is 6. The maximum atomic E-state index is 11.2. The molecule has 0 spiro atoms. The molecule has 6 heteroatoms. The zero-order chi connectivity index (χ0) is 23.9. The van der Waals surface area contributed by atoms with Crippen LogP contribution in [0.1, 0.15) is 19.4 Å². The predicted molar refractivity (Wildman–Crippen MR) is 125 cm³/mol. The number of aldehydes is 1. The molecule has 168 valence electrons. The Labute approximate surface area is 189 Å². The molecule has 0 aliphatic rings. The number of hydrogen-bond donors (Lipinski definition) is 0. The van der Waals surface area contributed by atoms with Gasteiger partial charge in [0.25, 0.3) is 0 Å². The van der Waals surface area contributed by atoms with Gasteiger partial charge in [-0.2, -0.15) is 0 Å². The maximum absolute atomic E-state index is 11.2. The fourth-order valence-electron chi connectivity index (χ4n) is 2.14. The van der Waals surface area contributed by atoms with Crippen LogP contribution in [0.2, 0.25) is 0 Å². The van der Waals surface area contributed by atoms with Gasteiger partial charge in [0.2, 0.25) is 0 Å². The molecule has 0 saturated carbocycles. The maximum Gasteiger partial charge on any atom is 0.338 e. The smallest absolute Gasteiger partial charge is 0.338 e. The van der Waals surface area contributed by atoms with Crippen molar-refractivity contribution < 1.29 is 28.5 Å². The van der Waals surface area contributed by atoms with Crippen molar-refractivity contribution in [2.24, 2.45) is 0 Å². The summed E-state index contributed by atoms with van der Waals surface area (Å²) in [6.45, 7) is 12.0. The second-order valence-electron chi connectivity index (χ2n) is 6.67. The number of aryl methyl sites for hydroxylation is 1. The van der Waals surface area contributed by atoms with Crippen LogP contribution >= 0.6 is 0 Å². The lowest BCUT2D eigenvalue weighted by Crippen LogP contribution is -1.99. The second-order valence-corrected chi connectivity index (χ2v) is 6.67. The Morgan fingerprint density at radius 2 is 1.47 bits per heavy atom. The molecule has 0 unspecified atom stereocenters. The number of methoxy groups -OCH3 is 1. The van der Waals surface area contributed by atoms with Gasteiger partial charge >= 0.3 is 5.97 Å². The first kappa shape index (κ1) is 26.0. The van der Waals surface area contributed by atoms with Crippen LogP contribution in [0.15, 0.2) is 91.8 Å². The molecule has 2 aromatic rings. The minimum atomic E-state index is -0.495. The first-order valence-corrected chi connectivity index (χ1v) is 9.63. The molecule has 0 bridgehead atoms. The fourth-order valence-corrected chi connectivity index (χ4v) is 2.14. The number of esters is 1. The van der Waals surface area contributed by atoms with E-state index >= 15 is 0 Å². The van der Waals surface area contributed by atoms with Crippen LogP contribution in [0.3, 0.4) is 0 Å². The largest absolute Gasteiger partial charge is 0.501 e. The van der Waals surface area contributed by atoms with Crippen molar-refractivity contribution >= 4 is 12.3 Å². The molecular weight excluding hydrogens is 408 g/mol. The molecule has 0 aliphatic carbocycles. The number of rotatable bonds is 9. The highest BCUT2D eigenvalue weighted by atomic mass is 16.5. The molecule has 0 aliphatic heterocycles. The Morgan fingerprint density at radius 1 is 0.875 bits per heavy atom. The minimum absolute atomic E-state index is 0.324. The molecule has 6 nitrogen and oxygen atoms in total. The lowest BCUT2D eigenvalue weighted by atomic mass is 10.0. The Morgan fingerprint density at radius 3 is 2.00 bits per heavy atom. The summed E-state index contributed by atoms with van der Waals surface area (Å²) in [6, 6.07) is 13.5. The second kappa shape index (κ2) is 14.0. The number of carbonyl (C=O) groups excluding carboxylic acids is 2. The molecule has 2 rings (SSSR count). The molecule has 0 atom stereocenters. The van der Waals surface area contributed by atoms with E-state index in [1.54, 1.807) is 21.0 Å². The van der Waals surface area contributed by atoms with Crippen molar-refractivity contribution in [2.45, 2.75) is 20.8 Å². The Balaban J connectivity index is 0.000000920. The quantitative estimate of drug-likeness (QED) is 0.211. The minimum Gasteiger partial charge on any atom is -0.501 e. The van der Waals surface area contributed by atoms with Gasteiger partial charge in [-0.1, -0.05) is 31.4 Å². The molecule has 0 fully saturated rings. The van der Waals surface area contributed by atoms with E-state index in [4.69, 9.17) is 18.9 Å². The predicted octanol–water partition coefficient (Wildman–Crippen LogP) is 5.89. The molecule has 0 N–H and O–H groups in total. The van der Waals surface area contributed by atoms with E-state index in [2.05, 4.69) is 13.2 Å². The molecule has 0 aromatic heterocycles. The highest BCUT2D eigenvalue weighted by Gasteiger charge is 2.04. The first-order chi connectivity index (χ1) is 15.3. The van der Waals surface area contributed by atoms with Crippen LogP contribution in [0.25, 0.3) is 11.1 Å². The van der Waals surface area contributed by atoms with Gasteiger partial charge in [-0.15, -0.1) is 0 Å². The topological polar surface area (TPSA) is 71.1 Å². The van der Waals surface area contributed by atoms with Crippen molar-refractivity contribution in [1.82, 2.24) is 0 Å². The summed E-state index contributed by atoms with van der Waals surface area (Å²) in [5.41, 5.74) is 4.02. The molecule has 0 amide bonds. The van der Waals surface area contributed by atoms with Gasteiger partial charge in [0.05, 0.1) is 7.11 Å². The molecule has 2 aromatic carbocycles. The van der Waals surface area contributed by atoms with Gasteiger partial charge < -0.3 is 18.9 Å². The lowest BCUT2D eigenvalue weighted by Gasteiger charge is -2.08. The third kappa shape index (κ3) is 9.63. The summed E-state index contributed by atoms with van der Waals surface area (Å²) in [5.74, 6) is 0.898. The zero-order valence-corrected chi connectivity index (χ0v) is 18.8. The standard InChI is InChI=1S/C22H22O5.C4H6O/c1-16(2)22(23)27-14-13-25-20-8-5-18(6-9-20)19-7-10-21(17(3)15-19)26-12-11-24-4;1-4(2)3-5/h5-15H,1H2,2-4H3;3H,1H2,2H3/b12-11-,14-13-;. The van der Waals surface area contributed by atoms with E-state index in [0.29, 0.717) is 16.9 Å². The summed E-state index contributed by atoms with van der Waals surface area (Å²) in [4.78, 5) is 20.6. The van der Waals surface area contributed by atoms with Gasteiger partial charge in [0.15, 0.2) is 0 Å². The highest BCUT2D eigenvalue weighted by molar-refractivity contribution is 5.87. The van der Waals surface area contributed by atoms with Crippen LogP contribution < -0.4 is 9.47 Å². The Hall–Kier alpha value is -4.06. The van der Waals surface area contributed by atoms with Gasteiger partial charge in [0, 0.05) is 5.57 Å². The number of allylic oxidation sites excluding steroid dienone is 1. The average molecular weight is 437 g/mol. The molecular formula is C26H28O6. The normalized spacial score (nSPS) is 10.1. The number of carbonyl (C=O) groups is 2. The molecule has 32 heavy (non-hydrogen) atoms. The SMILES string of the molecule is C=C(C)C(=O)O/C=C\Oc1ccc(-c2ccc(O/C=C\OC)c(C)c2)cc1.C=C(C)C=O. The van der Waals surface area contributed by atoms with Crippen LogP contribution in [0.5, 0.6) is 11.5 Å². The zero-order valence-electron chi connectivity index (χ0n) is 18.8. The summed E-state index contributed by atoms with van der Waals surface area (Å²) in [5, 5.41) is 0. The van der Waals surface area contributed by atoms with Crippen molar-refractivity contribution in [1.29, 1.82) is 0 Å². The Bertz CT molecular complexity index is 984. The number of ether oxygens (including phenoxy) is 4. The summed E-state index contributed by atoms with van der Waals surface area (Å²) < 4.78 is 20.5. The first-order valence-electron chi connectivity index (χ1n) is 9.63. The van der Waals surface area contributed by atoms with Crippen molar-refractivity contribution in [3.05, 3.63) is 97.4 Å². The van der Waals surface area contributed by atoms with Crippen molar-refractivity contribution in [2.75, 3.05) is 7.11 Å². The summed E-state index contributed by atoms with van der Waals surface area (Å²) in [6.07, 6.45) is 6.18. The third-order valence-electron chi connectivity index (χ3n) is 3.73. The van der Waals surface area contributed by atoms with E-state index < -0.39 is 5.97 Å².